The predicted octanol–water partition coefficient (Wildman–Crippen LogP) is 4.25. The van der Waals surface area contributed by atoms with Crippen LogP contribution in [0, 0.1) is 0 Å². The van der Waals surface area contributed by atoms with Crippen LogP contribution in [0.15, 0.2) is 59.0 Å². The Labute approximate surface area is 177 Å². The third-order valence-corrected chi connectivity index (χ3v) is 5.67. The van der Waals surface area contributed by atoms with Crippen molar-refractivity contribution in [3.63, 3.8) is 0 Å². The van der Waals surface area contributed by atoms with Crippen molar-refractivity contribution in [2.24, 2.45) is 0 Å². The number of thiophene rings is 1. The molecule has 0 bridgehead atoms. The SMILES string of the molecule is CCCOCCOC(=O)Cn1cnc2scc(-c3cccc4ccccc34)c2c1=O. The number of ether oxygens (including phenoxy) is 2. The van der Waals surface area contributed by atoms with Crippen LogP contribution in [0.4, 0.5) is 0 Å². The number of rotatable bonds is 8. The molecule has 0 N–H and O–H groups in total. The minimum atomic E-state index is -0.486. The number of fused-ring (bicyclic) bond motifs is 2. The van der Waals surface area contributed by atoms with Crippen LogP contribution < -0.4 is 5.56 Å². The number of nitrogens with zero attached hydrogens (tertiary/aromatic N) is 2. The smallest absolute Gasteiger partial charge is 0.326 e. The van der Waals surface area contributed by atoms with E-state index in [0.717, 1.165) is 28.3 Å². The summed E-state index contributed by atoms with van der Waals surface area (Å²) < 4.78 is 11.8. The van der Waals surface area contributed by atoms with Crippen LogP contribution in [0.2, 0.25) is 0 Å². The highest BCUT2D eigenvalue weighted by Crippen LogP contribution is 2.35. The van der Waals surface area contributed by atoms with Gasteiger partial charge in [-0.15, -0.1) is 11.3 Å². The van der Waals surface area contributed by atoms with E-state index in [0.29, 0.717) is 23.4 Å². The van der Waals surface area contributed by atoms with E-state index in [2.05, 4.69) is 4.98 Å². The average Bonchev–Trinajstić information content (AvgIpc) is 3.20. The summed E-state index contributed by atoms with van der Waals surface area (Å²) in [5.41, 5.74) is 1.56. The molecule has 6 nitrogen and oxygen atoms in total. The van der Waals surface area contributed by atoms with Crippen molar-refractivity contribution in [3.05, 3.63) is 64.5 Å². The molecule has 0 saturated carbocycles. The number of carbonyl (C=O) groups is 1. The van der Waals surface area contributed by atoms with E-state index in [1.165, 1.54) is 22.2 Å². The van der Waals surface area contributed by atoms with Crippen molar-refractivity contribution >= 4 is 38.3 Å². The number of hydrogen-bond acceptors (Lipinski definition) is 6. The second-order valence-electron chi connectivity index (χ2n) is 6.87. The van der Waals surface area contributed by atoms with Crippen molar-refractivity contribution in [2.45, 2.75) is 19.9 Å². The molecule has 0 spiro atoms. The number of esters is 1. The van der Waals surface area contributed by atoms with E-state index < -0.39 is 5.97 Å². The molecule has 7 heteroatoms. The van der Waals surface area contributed by atoms with Crippen LogP contribution in [-0.2, 0) is 20.8 Å². The summed E-state index contributed by atoms with van der Waals surface area (Å²) in [6, 6.07) is 14.1. The van der Waals surface area contributed by atoms with Crippen LogP contribution in [0.25, 0.3) is 32.1 Å². The maximum atomic E-state index is 13.2. The van der Waals surface area contributed by atoms with Crippen LogP contribution in [0.1, 0.15) is 13.3 Å². The van der Waals surface area contributed by atoms with Crippen LogP contribution in [0.3, 0.4) is 0 Å². The Hall–Kier alpha value is -3.03. The minimum Gasteiger partial charge on any atom is -0.462 e. The van der Waals surface area contributed by atoms with E-state index >= 15 is 0 Å². The first-order chi connectivity index (χ1) is 14.7. The first-order valence-corrected chi connectivity index (χ1v) is 10.7. The second kappa shape index (κ2) is 9.19. The molecule has 4 rings (SSSR count). The maximum Gasteiger partial charge on any atom is 0.326 e. The largest absolute Gasteiger partial charge is 0.462 e. The fourth-order valence-corrected chi connectivity index (χ4v) is 4.28. The van der Waals surface area contributed by atoms with Crippen molar-refractivity contribution < 1.29 is 14.3 Å². The van der Waals surface area contributed by atoms with Crippen molar-refractivity contribution in [3.8, 4) is 11.1 Å². The molecule has 0 amide bonds. The highest BCUT2D eigenvalue weighted by molar-refractivity contribution is 7.17. The lowest BCUT2D eigenvalue weighted by Gasteiger charge is -2.08. The lowest BCUT2D eigenvalue weighted by atomic mass is 9.99. The molecular weight excluding hydrogens is 400 g/mol. The van der Waals surface area contributed by atoms with Gasteiger partial charge in [-0.2, -0.15) is 0 Å². The molecular formula is C23H22N2O4S. The quantitative estimate of drug-likeness (QED) is 0.314. The summed E-state index contributed by atoms with van der Waals surface area (Å²) in [7, 11) is 0. The van der Waals surface area contributed by atoms with Gasteiger partial charge in [0, 0.05) is 17.6 Å². The number of hydrogen-bond donors (Lipinski definition) is 0. The fraction of sp³-hybridized carbons (Fsp3) is 0.261. The highest BCUT2D eigenvalue weighted by Gasteiger charge is 2.16. The lowest BCUT2D eigenvalue weighted by molar-refractivity contribution is -0.146. The Balaban J connectivity index is 1.63. The average molecular weight is 423 g/mol. The zero-order valence-electron chi connectivity index (χ0n) is 16.7. The van der Waals surface area contributed by atoms with Crippen LogP contribution in [0.5, 0.6) is 0 Å². The van der Waals surface area contributed by atoms with E-state index in [4.69, 9.17) is 9.47 Å². The van der Waals surface area contributed by atoms with Gasteiger partial charge in [-0.1, -0.05) is 49.4 Å². The highest BCUT2D eigenvalue weighted by atomic mass is 32.1. The number of aromatic nitrogens is 2. The Bertz CT molecular complexity index is 1240. The number of benzene rings is 2. The van der Waals surface area contributed by atoms with E-state index in [1.807, 2.05) is 54.8 Å². The van der Waals surface area contributed by atoms with Gasteiger partial charge in [-0.05, 0) is 22.8 Å². The molecule has 0 aliphatic carbocycles. The van der Waals surface area contributed by atoms with Gasteiger partial charge in [-0.3, -0.25) is 14.2 Å². The Morgan fingerprint density at radius 1 is 1.07 bits per heavy atom. The summed E-state index contributed by atoms with van der Waals surface area (Å²) in [5.74, 6) is -0.486. The zero-order valence-corrected chi connectivity index (χ0v) is 17.5. The van der Waals surface area contributed by atoms with E-state index in [9.17, 15) is 9.59 Å². The van der Waals surface area contributed by atoms with Gasteiger partial charge in [0.1, 0.15) is 18.0 Å². The minimum absolute atomic E-state index is 0.170. The topological polar surface area (TPSA) is 70.4 Å². The normalized spacial score (nSPS) is 11.2. The van der Waals surface area contributed by atoms with Gasteiger partial charge in [-0.25, -0.2) is 4.98 Å². The third kappa shape index (κ3) is 4.13. The molecule has 2 aromatic heterocycles. The Morgan fingerprint density at radius 2 is 1.90 bits per heavy atom. The molecule has 0 aliphatic heterocycles. The van der Waals surface area contributed by atoms with Gasteiger partial charge in [0.25, 0.3) is 5.56 Å². The molecule has 154 valence electrons. The molecule has 4 aromatic rings. The summed E-state index contributed by atoms with van der Waals surface area (Å²) in [5, 5.41) is 4.65. The summed E-state index contributed by atoms with van der Waals surface area (Å²) in [6.45, 7) is 2.98. The summed E-state index contributed by atoms with van der Waals surface area (Å²) in [6.07, 6.45) is 2.32. The molecule has 0 aliphatic rings. The van der Waals surface area contributed by atoms with Gasteiger partial charge in [0.15, 0.2) is 0 Å². The fourth-order valence-electron chi connectivity index (χ4n) is 3.38. The zero-order chi connectivity index (χ0) is 20.9. The van der Waals surface area contributed by atoms with E-state index in [-0.39, 0.29) is 18.7 Å². The van der Waals surface area contributed by atoms with Crippen LogP contribution in [-0.4, -0.2) is 35.3 Å². The molecule has 0 fully saturated rings. The standard InChI is InChI=1S/C23H22N2O4S/c1-2-10-28-11-12-29-20(26)13-25-15-24-22-21(23(25)27)19(14-30-22)18-9-5-7-16-6-3-4-8-17(16)18/h3-9,14-15H,2,10-13H2,1H3. The molecule has 0 saturated heterocycles. The van der Waals surface area contributed by atoms with Crippen LogP contribution >= 0.6 is 11.3 Å². The molecule has 0 unspecified atom stereocenters. The molecule has 0 radical (unpaired) electrons. The predicted molar refractivity (Wildman–Crippen MR) is 119 cm³/mol. The molecule has 0 atom stereocenters. The molecule has 2 aromatic carbocycles. The lowest BCUT2D eigenvalue weighted by Crippen LogP contribution is -2.26. The van der Waals surface area contributed by atoms with Crippen molar-refractivity contribution in [2.75, 3.05) is 19.8 Å². The molecule has 2 heterocycles. The van der Waals surface area contributed by atoms with E-state index in [1.54, 1.807) is 0 Å². The monoisotopic (exact) mass is 422 g/mol. The first-order valence-electron chi connectivity index (χ1n) is 9.87. The Kier molecular flexibility index (Phi) is 6.21. The van der Waals surface area contributed by atoms with Crippen molar-refractivity contribution in [1.82, 2.24) is 9.55 Å². The first kappa shape index (κ1) is 20.3. The van der Waals surface area contributed by atoms with Gasteiger partial charge in [0.2, 0.25) is 0 Å². The second-order valence-corrected chi connectivity index (χ2v) is 7.72. The third-order valence-electron chi connectivity index (χ3n) is 4.78. The number of carbonyl (C=O) groups excluding carboxylic acids is 1. The van der Waals surface area contributed by atoms with Gasteiger partial charge >= 0.3 is 5.97 Å². The van der Waals surface area contributed by atoms with Gasteiger partial charge in [0.05, 0.1) is 18.3 Å². The van der Waals surface area contributed by atoms with Gasteiger partial charge < -0.3 is 9.47 Å². The molecule has 30 heavy (non-hydrogen) atoms. The Morgan fingerprint density at radius 3 is 2.77 bits per heavy atom. The van der Waals surface area contributed by atoms with Crippen molar-refractivity contribution in [1.29, 1.82) is 0 Å². The summed E-state index contributed by atoms with van der Waals surface area (Å²) in [4.78, 5) is 30.4. The maximum absolute atomic E-state index is 13.2. The summed E-state index contributed by atoms with van der Waals surface area (Å²) >= 11 is 1.42.